The van der Waals surface area contributed by atoms with E-state index in [0.717, 1.165) is 43.2 Å². The van der Waals surface area contributed by atoms with Gasteiger partial charge in [0.2, 0.25) is 0 Å². The van der Waals surface area contributed by atoms with Crippen LogP contribution in [-0.2, 0) is 27.2 Å². The smallest absolute Gasteiger partial charge is 0.328 e. The molecule has 0 radical (unpaired) electrons. The van der Waals surface area contributed by atoms with Crippen molar-refractivity contribution in [1.82, 2.24) is 14.9 Å². The van der Waals surface area contributed by atoms with Crippen LogP contribution in [0.2, 0.25) is 0 Å². The average Bonchev–Trinajstić information content (AvgIpc) is 3.57. The number of anilines is 2. The summed E-state index contributed by atoms with van der Waals surface area (Å²) in [4.78, 5) is 38.1. The third-order valence-electron chi connectivity index (χ3n) is 7.90. The van der Waals surface area contributed by atoms with E-state index in [0.29, 0.717) is 37.8 Å². The number of urea groups is 1. The molecular weight excluding hydrogens is 516 g/mol. The van der Waals surface area contributed by atoms with Gasteiger partial charge in [0.05, 0.1) is 25.5 Å². The number of aldehydes is 1. The SMILES string of the molecule is COC1CCN(Cc2cc3c(nc2C=O)N(C(=O)Nc2cc(O[C@H]4COC[C@@H]4OC)c(C#N)cn2)CCC3)C1C. The number of aryl methyl sites for hydroxylation is 1. The number of rotatable bonds is 8. The van der Waals surface area contributed by atoms with Crippen molar-refractivity contribution in [3.63, 3.8) is 0 Å². The summed E-state index contributed by atoms with van der Waals surface area (Å²) in [6, 6.07) is 5.38. The number of pyridine rings is 2. The molecule has 12 heteroatoms. The second kappa shape index (κ2) is 12.3. The standard InChI is InChI=1S/C28H34N6O6/c1-17-22(37-2)6-8-33(17)13-19-9-18-5-4-7-34(27(18)31-21(19)14-35)28(36)32-26-10-23(20(11-29)12-30-26)40-25-16-39-15-24(25)38-3/h9-10,12,14,17,22,24-25H,4-8,13,15-16H2,1-3H3,(H,30,32,36)/t17?,22?,24-,25-/m0/s1. The van der Waals surface area contributed by atoms with E-state index in [1.54, 1.807) is 14.2 Å². The van der Waals surface area contributed by atoms with E-state index in [-0.39, 0.29) is 41.5 Å². The summed E-state index contributed by atoms with van der Waals surface area (Å²) in [7, 11) is 3.30. The van der Waals surface area contributed by atoms with E-state index < -0.39 is 6.03 Å². The number of hydrogen-bond donors (Lipinski definition) is 1. The fraction of sp³-hybridized carbons (Fsp3) is 0.536. The molecule has 0 aromatic carbocycles. The summed E-state index contributed by atoms with van der Waals surface area (Å²) in [5, 5.41) is 12.3. The first kappa shape index (κ1) is 27.9. The van der Waals surface area contributed by atoms with Gasteiger partial charge in [-0.15, -0.1) is 0 Å². The van der Waals surface area contributed by atoms with Crippen LogP contribution in [0.1, 0.15) is 46.9 Å². The first-order valence-corrected chi connectivity index (χ1v) is 13.5. The largest absolute Gasteiger partial charge is 0.484 e. The zero-order chi connectivity index (χ0) is 28.2. The van der Waals surface area contributed by atoms with E-state index in [1.807, 2.05) is 6.07 Å². The van der Waals surface area contributed by atoms with Crippen LogP contribution >= 0.6 is 0 Å². The van der Waals surface area contributed by atoms with Crippen molar-refractivity contribution in [3.05, 3.63) is 40.7 Å². The highest BCUT2D eigenvalue weighted by Gasteiger charge is 2.33. The molecule has 3 aliphatic heterocycles. The van der Waals surface area contributed by atoms with Gasteiger partial charge >= 0.3 is 6.03 Å². The van der Waals surface area contributed by atoms with Crippen molar-refractivity contribution in [1.29, 1.82) is 5.26 Å². The van der Waals surface area contributed by atoms with Crippen LogP contribution in [0.15, 0.2) is 18.3 Å². The molecule has 2 amide bonds. The van der Waals surface area contributed by atoms with Crippen LogP contribution in [-0.4, -0.2) is 92.1 Å². The highest BCUT2D eigenvalue weighted by molar-refractivity contribution is 6.01. The Morgan fingerprint density at radius 3 is 2.75 bits per heavy atom. The Kier molecular flexibility index (Phi) is 8.56. The number of nitrogens with one attached hydrogen (secondary N) is 1. The predicted octanol–water partition coefficient (Wildman–Crippen LogP) is 2.55. The quantitative estimate of drug-likeness (QED) is 0.488. The molecule has 2 aromatic heterocycles. The molecule has 1 N–H and O–H groups in total. The number of likely N-dealkylation sites (tertiary alicyclic amines) is 1. The topological polar surface area (TPSA) is 139 Å². The van der Waals surface area contributed by atoms with Crippen LogP contribution in [0.5, 0.6) is 5.75 Å². The molecule has 3 aliphatic rings. The Labute approximate surface area is 233 Å². The molecule has 2 aromatic rings. The number of aromatic nitrogens is 2. The van der Waals surface area contributed by atoms with Gasteiger partial charge in [-0.25, -0.2) is 14.8 Å². The molecule has 5 heterocycles. The lowest BCUT2D eigenvalue weighted by Crippen LogP contribution is -2.40. The normalized spacial score (nSPS) is 24.4. The Hall–Kier alpha value is -3.63. The van der Waals surface area contributed by atoms with Crippen LogP contribution < -0.4 is 15.0 Å². The maximum atomic E-state index is 13.4. The predicted molar refractivity (Wildman–Crippen MR) is 145 cm³/mol. The van der Waals surface area contributed by atoms with Crippen molar-refractivity contribution in [2.75, 3.05) is 50.7 Å². The molecule has 212 valence electrons. The van der Waals surface area contributed by atoms with Gasteiger partial charge in [0.25, 0.3) is 0 Å². The molecule has 2 saturated heterocycles. The van der Waals surface area contributed by atoms with E-state index in [9.17, 15) is 14.9 Å². The molecule has 12 nitrogen and oxygen atoms in total. The van der Waals surface area contributed by atoms with Gasteiger partial charge in [-0.05, 0) is 43.4 Å². The molecule has 5 rings (SSSR count). The highest BCUT2D eigenvalue weighted by atomic mass is 16.6. The summed E-state index contributed by atoms with van der Waals surface area (Å²) in [6.07, 6.45) is 4.07. The lowest BCUT2D eigenvalue weighted by Gasteiger charge is -2.30. The number of nitrogens with zero attached hydrogens (tertiary/aromatic N) is 5. The van der Waals surface area contributed by atoms with Gasteiger partial charge in [0.1, 0.15) is 40.8 Å². The molecule has 0 bridgehead atoms. The van der Waals surface area contributed by atoms with Gasteiger partial charge in [0, 0.05) is 46.0 Å². The minimum Gasteiger partial charge on any atom is -0.484 e. The lowest BCUT2D eigenvalue weighted by molar-refractivity contribution is 0.0325. The summed E-state index contributed by atoms with van der Waals surface area (Å²) < 4.78 is 22.4. The molecule has 2 fully saturated rings. The summed E-state index contributed by atoms with van der Waals surface area (Å²) >= 11 is 0. The van der Waals surface area contributed by atoms with Crippen molar-refractivity contribution in [2.24, 2.45) is 0 Å². The fourth-order valence-corrected chi connectivity index (χ4v) is 5.59. The number of ether oxygens (including phenoxy) is 4. The number of methoxy groups -OCH3 is 2. The molecule has 0 saturated carbocycles. The van der Waals surface area contributed by atoms with Gasteiger partial charge < -0.3 is 18.9 Å². The summed E-state index contributed by atoms with van der Waals surface area (Å²) in [5.74, 6) is 0.971. The molecule has 0 spiro atoms. The maximum absolute atomic E-state index is 13.4. The Bertz CT molecular complexity index is 1300. The van der Waals surface area contributed by atoms with Gasteiger partial charge in [-0.2, -0.15) is 5.26 Å². The number of hydrogen-bond acceptors (Lipinski definition) is 10. The zero-order valence-electron chi connectivity index (χ0n) is 23.0. The van der Waals surface area contributed by atoms with Crippen LogP contribution in [0.25, 0.3) is 0 Å². The van der Waals surface area contributed by atoms with Crippen LogP contribution in [0, 0.1) is 11.3 Å². The molecule has 4 atom stereocenters. The van der Waals surface area contributed by atoms with Crippen molar-refractivity contribution in [2.45, 2.75) is 57.1 Å². The fourth-order valence-electron chi connectivity index (χ4n) is 5.59. The van der Waals surface area contributed by atoms with E-state index in [1.165, 1.54) is 17.2 Å². The first-order chi connectivity index (χ1) is 19.4. The van der Waals surface area contributed by atoms with Crippen LogP contribution in [0.3, 0.4) is 0 Å². The van der Waals surface area contributed by atoms with Gasteiger partial charge in [0.15, 0.2) is 12.4 Å². The summed E-state index contributed by atoms with van der Waals surface area (Å²) in [5.41, 5.74) is 2.32. The van der Waals surface area contributed by atoms with E-state index in [4.69, 9.17) is 18.9 Å². The third-order valence-corrected chi connectivity index (χ3v) is 7.90. The van der Waals surface area contributed by atoms with E-state index in [2.05, 4.69) is 33.2 Å². The van der Waals surface area contributed by atoms with E-state index >= 15 is 0 Å². The third kappa shape index (κ3) is 5.64. The number of amides is 2. The van der Waals surface area contributed by atoms with Crippen molar-refractivity contribution < 1.29 is 28.5 Å². The number of carbonyl (C=O) groups excluding carboxylic acids is 2. The van der Waals surface area contributed by atoms with Gasteiger partial charge in [-0.1, -0.05) is 0 Å². The molecule has 40 heavy (non-hydrogen) atoms. The lowest BCUT2D eigenvalue weighted by atomic mass is 10.0. The molecule has 0 aliphatic carbocycles. The number of nitriles is 1. The Morgan fingerprint density at radius 1 is 1.23 bits per heavy atom. The first-order valence-electron chi connectivity index (χ1n) is 13.5. The number of carbonyl (C=O) groups is 2. The monoisotopic (exact) mass is 550 g/mol. The number of fused-ring (bicyclic) bond motifs is 1. The Balaban J connectivity index is 1.34. The second-order valence-corrected chi connectivity index (χ2v) is 10.2. The second-order valence-electron chi connectivity index (χ2n) is 10.2. The minimum atomic E-state index is -0.434. The molecular formula is C28H34N6O6. The molecule has 2 unspecified atom stereocenters. The minimum absolute atomic E-state index is 0.166. The van der Waals surface area contributed by atoms with Crippen molar-refractivity contribution >= 4 is 24.0 Å². The Morgan fingerprint density at radius 2 is 2.02 bits per heavy atom. The van der Waals surface area contributed by atoms with Gasteiger partial charge in [-0.3, -0.25) is 19.9 Å². The van der Waals surface area contributed by atoms with Crippen molar-refractivity contribution in [3.8, 4) is 11.8 Å². The zero-order valence-corrected chi connectivity index (χ0v) is 23.0. The summed E-state index contributed by atoms with van der Waals surface area (Å²) in [6.45, 7) is 4.77. The highest BCUT2D eigenvalue weighted by Crippen LogP contribution is 2.31. The maximum Gasteiger partial charge on any atom is 0.328 e. The van der Waals surface area contributed by atoms with Crippen LogP contribution in [0.4, 0.5) is 16.4 Å². The average molecular weight is 551 g/mol.